The number of hydrogen-bond acceptors (Lipinski definition) is 4. The number of nitrogens with one attached hydrogen (secondary N) is 2. The molecule has 144 valence electrons. The first-order valence-electron chi connectivity index (χ1n) is 9.66. The number of carbonyl (C=O) groups is 1. The molecule has 1 aromatic carbocycles. The quantitative estimate of drug-likeness (QED) is 0.820. The molecular weight excluding hydrogens is 350 g/mol. The molecule has 2 fully saturated rings. The van der Waals surface area contributed by atoms with Gasteiger partial charge < -0.3 is 10.6 Å². The third-order valence-corrected chi connectivity index (χ3v) is 7.14. The molecule has 26 heavy (non-hydrogen) atoms. The Bertz CT molecular complexity index is 706. The van der Waals surface area contributed by atoms with Crippen molar-refractivity contribution < 1.29 is 13.2 Å². The van der Waals surface area contributed by atoms with Crippen molar-refractivity contribution in [1.82, 2.24) is 14.9 Å². The van der Waals surface area contributed by atoms with Crippen LogP contribution in [0, 0.1) is 5.92 Å². The van der Waals surface area contributed by atoms with Crippen molar-refractivity contribution >= 4 is 15.9 Å². The van der Waals surface area contributed by atoms with Gasteiger partial charge in [-0.3, -0.25) is 4.79 Å². The van der Waals surface area contributed by atoms with Gasteiger partial charge in [0.15, 0.2) is 0 Å². The molecule has 1 amide bonds. The summed E-state index contributed by atoms with van der Waals surface area (Å²) in [6.45, 7) is 3.71. The maximum Gasteiger partial charge on any atom is 0.251 e. The smallest absolute Gasteiger partial charge is 0.251 e. The number of rotatable bonds is 5. The average Bonchev–Trinajstić information content (AvgIpc) is 2.97. The maximum atomic E-state index is 12.9. The number of amides is 1. The van der Waals surface area contributed by atoms with Gasteiger partial charge in [-0.05, 0) is 62.9 Å². The second kappa shape index (κ2) is 8.97. The van der Waals surface area contributed by atoms with Crippen LogP contribution in [0.3, 0.4) is 0 Å². The minimum absolute atomic E-state index is 0.205. The van der Waals surface area contributed by atoms with Crippen LogP contribution in [0.1, 0.15) is 48.9 Å². The molecule has 3 rings (SSSR count). The van der Waals surface area contributed by atoms with Crippen molar-refractivity contribution in [3.05, 3.63) is 29.8 Å². The highest BCUT2D eigenvalue weighted by atomic mass is 32.2. The predicted octanol–water partition coefficient (Wildman–Crippen LogP) is 1.98. The van der Waals surface area contributed by atoms with Crippen LogP contribution >= 0.6 is 0 Å². The monoisotopic (exact) mass is 379 g/mol. The summed E-state index contributed by atoms with van der Waals surface area (Å²) in [5, 5.41) is 6.28. The van der Waals surface area contributed by atoms with E-state index < -0.39 is 10.0 Å². The summed E-state index contributed by atoms with van der Waals surface area (Å²) in [5.74, 6) is 0.236. The van der Waals surface area contributed by atoms with Crippen LogP contribution in [0.15, 0.2) is 29.2 Å². The Labute approximate surface area is 156 Å². The first-order valence-corrected chi connectivity index (χ1v) is 11.1. The molecule has 0 spiro atoms. The molecule has 0 aliphatic carbocycles. The molecule has 0 bridgehead atoms. The van der Waals surface area contributed by atoms with Crippen LogP contribution in [0.25, 0.3) is 0 Å². The molecule has 2 saturated heterocycles. The van der Waals surface area contributed by atoms with Crippen molar-refractivity contribution in [3.8, 4) is 0 Å². The molecule has 1 aromatic rings. The molecular formula is C19H29N3O3S. The van der Waals surface area contributed by atoms with Crippen molar-refractivity contribution in [2.24, 2.45) is 5.92 Å². The van der Waals surface area contributed by atoms with Crippen molar-refractivity contribution in [2.75, 3.05) is 32.7 Å². The Morgan fingerprint density at radius 3 is 2.62 bits per heavy atom. The van der Waals surface area contributed by atoms with Gasteiger partial charge in [-0.25, -0.2) is 8.42 Å². The first kappa shape index (κ1) is 19.3. The topological polar surface area (TPSA) is 78.5 Å². The SMILES string of the molecule is O=C(NCC1CCCNC1)c1cccc(S(=O)(=O)N2CCCCCC2)c1. The van der Waals surface area contributed by atoms with Gasteiger partial charge in [-0.15, -0.1) is 0 Å². The van der Waals surface area contributed by atoms with Crippen molar-refractivity contribution in [1.29, 1.82) is 0 Å². The van der Waals surface area contributed by atoms with Crippen LogP contribution in [0.2, 0.25) is 0 Å². The zero-order valence-electron chi connectivity index (χ0n) is 15.2. The van der Waals surface area contributed by atoms with Crippen molar-refractivity contribution in [2.45, 2.75) is 43.4 Å². The van der Waals surface area contributed by atoms with Gasteiger partial charge in [-0.1, -0.05) is 18.9 Å². The third kappa shape index (κ3) is 4.84. The number of piperidine rings is 1. The Hall–Kier alpha value is -1.44. The molecule has 2 heterocycles. The van der Waals surface area contributed by atoms with E-state index in [1.54, 1.807) is 22.5 Å². The minimum atomic E-state index is -3.53. The molecule has 1 unspecified atom stereocenters. The van der Waals surface area contributed by atoms with E-state index in [1.807, 2.05) is 0 Å². The van der Waals surface area contributed by atoms with E-state index in [2.05, 4.69) is 10.6 Å². The van der Waals surface area contributed by atoms with E-state index in [-0.39, 0.29) is 10.8 Å². The number of benzene rings is 1. The Morgan fingerprint density at radius 2 is 1.92 bits per heavy atom. The summed E-state index contributed by atoms with van der Waals surface area (Å²) < 4.78 is 27.4. The highest BCUT2D eigenvalue weighted by Gasteiger charge is 2.26. The lowest BCUT2D eigenvalue weighted by molar-refractivity contribution is 0.0944. The fourth-order valence-corrected chi connectivity index (χ4v) is 5.23. The maximum absolute atomic E-state index is 12.9. The van der Waals surface area contributed by atoms with E-state index in [9.17, 15) is 13.2 Å². The summed E-state index contributed by atoms with van der Waals surface area (Å²) in [5.41, 5.74) is 0.407. The minimum Gasteiger partial charge on any atom is -0.352 e. The third-order valence-electron chi connectivity index (χ3n) is 5.25. The Morgan fingerprint density at radius 1 is 1.15 bits per heavy atom. The molecule has 2 aliphatic rings. The van der Waals surface area contributed by atoms with E-state index in [0.29, 0.717) is 31.1 Å². The van der Waals surface area contributed by atoms with Gasteiger partial charge in [0.25, 0.3) is 5.91 Å². The lowest BCUT2D eigenvalue weighted by Gasteiger charge is -2.23. The molecule has 0 aromatic heterocycles. The second-order valence-corrected chi connectivity index (χ2v) is 9.21. The van der Waals surface area contributed by atoms with E-state index in [0.717, 1.165) is 51.6 Å². The zero-order chi connectivity index (χ0) is 18.4. The number of sulfonamides is 1. The number of hydrogen-bond donors (Lipinski definition) is 2. The summed E-state index contributed by atoms with van der Waals surface area (Å²) in [4.78, 5) is 12.7. The predicted molar refractivity (Wildman–Crippen MR) is 102 cm³/mol. The summed E-state index contributed by atoms with van der Waals surface area (Å²) in [7, 11) is -3.53. The largest absolute Gasteiger partial charge is 0.352 e. The number of carbonyl (C=O) groups excluding carboxylic acids is 1. The summed E-state index contributed by atoms with van der Waals surface area (Å²) in [6.07, 6.45) is 6.18. The average molecular weight is 380 g/mol. The van der Waals surface area contributed by atoms with Gasteiger partial charge >= 0.3 is 0 Å². The second-order valence-electron chi connectivity index (χ2n) is 7.27. The van der Waals surface area contributed by atoms with Crippen molar-refractivity contribution in [3.63, 3.8) is 0 Å². The normalized spacial score (nSPS) is 22.5. The van der Waals surface area contributed by atoms with E-state index in [4.69, 9.17) is 0 Å². The van der Waals surface area contributed by atoms with Crippen LogP contribution in [0.4, 0.5) is 0 Å². The van der Waals surface area contributed by atoms with Crippen LogP contribution in [-0.2, 0) is 10.0 Å². The highest BCUT2D eigenvalue weighted by molar-refractivity contribution is 7.89. The van der Waals surface area contributed by atoms with E-state index in [1.165, 1.54) is 6.07 Å². The van der Waals surface area contributed by atoms with Crippen LogP contribution < -0.4 is 10.6 Å². The molecule has 2 aliphatic heterocycles. The fourth-order valence-electron chi connectivity index (χ4n) is 3.67. The molecule has 6 nitrogen and oxygen atoms in total. The lowest BCUT2D eigenvalue weighted by atomic mass is 10.00. The molecule has 2 N–H and O–H groups in total. The van der Waals surface area contributed by atoms with Crippen LogP contribution in [0.5, 0.6) is 0 Å². The molecule has 0 radical (unpaired) electrons. The molecule has 7 heteroatoms. The van der Waals surface area contributed by atoms with Gasteiger partial charge in [0.1, 0.15) is 0 Å². The van der Waals surface area contributed by atoms with Gasteiger partial charge in [0, 0.05) is 25.2 Å². The fraction of sp³-hybridized carbons (Fsp3) is 0.632. The zero-order valence-corrected chi connectivity index (χ0v) is 16.1. The molecule has 0 saturated carbocycles. The standard InChI is InChI=1S/C19H29N3O3S/c23-19(21-15-16-7-6-10-20-14-16)17-8-5-9-18(13-17)26(24,25)22-11-3-1-2-4-12-22/h5,8-9,13,16,20H,1-4,6-7,10-12,14-15H2,(H,21,23). The summed E-state index contributed by atoms with van der Waals surface area (Å²) in [6, 6.07) is 6.43. The highest BCUT2D eigenvalue weighted by Crippen LogP contribution is 2.21. The number of nitrogens with zero attached hydrogens (tertiary/aromatic N) is 1. The van der Waals surface area contributed by atoms with Gasteiger partial charge in [0.05, 0.1) is 4.90 Å². The first-order chi connectivity index (χ1) is 12.6. The molecule has 1 atom stereocenters. The van der Waals surface area contributed by atoms with Crippen LogP contribution in [-0.4, -0.2) is 51.4 Å². The van der Waals surface area contributed by atoms with Gasteiger partial charge in [0.2, 0.25) is 10.0 Å². The lowest BCUT2D eigenvalue weighted by Crippen LogP contribution is -2.38. The van der Waals surface area contributed by atoms with E-state index >= 15 is 0 Å². The Kier molecular flexibility index (Phi) is 6.67. The van der Waals surface area contributed by atoms with Gasteiger partial charge in [-0.2, -0.15) is 4.31 Å². The summed E-state index contributed by atoms with van der Waals surface area (Å²) >= 11 is 0. The Balaban J connectivity index is 1.67.